The van der Waals surface area contributed by atoms with Crippen molar-refractivity contribution in [2.45, 2.75) is 37.9 Å². The average Bonchev–Trinajstić information content (AvgIpc) is 2.50. The first kappa shape index (κ1) is 22.8. The zero-order chi connectivity index (χ0) is 20.0. The fraction of sp³-hybridized carbons (Fsp3) is 0.923. The highest BCUT2D eigenvalue weighted by atomic mass is 32.2. The third-order valence-corrected chi connectivity index (χ3v) is 5.39. The van der Waals surface area contributed by atoms with Gasteiger partial charge in [0.1, 0.15) is 0 Å². The first-order valence-electron chi connectivity index (χ1n) is 8.02. The standard InChI is InChI=1S/C13H22F6N4O2S/c1-2-20-11(21-6-5-12(14,15)16)22-9-10-3-7-23(8-4-10)26(24,25)13(17,18)19/h10H,2-9H2,1H3,(H2,20,21,22). The first-order chi connectivity index (χ1) is 11.9. The summed E-state index contributed by atoms with van der Waals surface area (Å²) in [5, 5.41) is 5.31. The van der Waals surface area contributed by atoms with Gasteiger partial charge in [-0.1, -0.05) is 0 Å². The second-order valence-electron chi connectivity index (χ2n) is 5.80. The Morgan fingerprint density at radius 3 is 2.15 bits per heavy atom. The van der Waals surface area contributed by atoms with E-state index in [1.54, 1.807) is 6.92 Å². The fourth-order valence-corrected chi connectivity index (χ4v) is 3.35. The van der Waals surface area contributed by atoms with E-state index in [1.165, 1.54) is 0 Å². The minimum atomic E-state index is -5.32. The molecule has 0 bridgehead atoms. The Labute approximate surface area is 148 Å². The van der Waals surface area contributed by atoms with E-state index in [0.29, 0.717) is 10.8 Å². The number of alkyl halides is 6. The van der Waals surface area contributed by atoms with Crippen molar-refractivity contribution in [3.63, 3.8) is 0 Å². The van der Waals surface area contributed by atoms with E-state index < -0.39 is 28.1 Å². The normalized spacial score (nSPS) is 18.8. The molecule has 0 aromatic carbocycles. The summed E-state index contributed by atoms with van der Waals surface area (Å²) in [5.74, 6) is 0.0369. The van der Waals surface area contributed by atoms with Crippen LogP contribution in [0.1, 0.15) is 26.2 Å². The van der Waals surface area contributed by atoms with Crippen LogP contribution in [0, 0.1) is 5.92 Å². The number of piperidine rings is 1. The SMILES string of the molecule is CCNC(=NCC1CCN(S(=O)(=O)C(F)(F)F)CC1)NCCC(F)(F)F. The van der Waals surface area contributed by atoms with Gasteiger partial charge in [0.2, 0.25) is 0 Å². The van der Waals surface area contributed by atoms with Crippen LogP contribution in [0.4, 0.5) is 26.3 Å². The molecule has 6 nitrogen and oxygen atoms in total. The highest BCUT2D eigenvalue weighted by Gasteiger charge is 2.50. The van der Waals surface area contributed by atoms with Crippen LogP contribution in [0.2, 0.25) is 0 Å². The largest absolute Gasteiger partial charge is 0.511 e. The lowest BCUT2D eigenvalue weighted by Gasteiger charge is -2.30. The summed E-state index contributed by atoms with van der Waals surface area (Å²) in [7, 11) is -5.32. The van der Waals surface area contributed by atoms with Gasteiger partial charge in [-0.15, -0.1) is 0 Å². The maximum absolute atomic E-state index is 12.5. The van der Waals surface area contributed by atoms with Gasteiger partial charge in [-0.25, -0.2) is 8.42 Å². The van der Waals surface area contributed by atoms with Crippen molar-refractivity contribution in [3.8, 4) is 0 Å². The third kappa shape index (κ3) is 7.17. The van der Waals surface area contributed by atoms with Gasteiger partial charge in [-0.2, -0.15) is 30.6 Å². The Balaban J connectivity index is 2.52. The number of hydrogen-bond donors (Lipinski definition) is 2. The van der Waals surface area contributed by atoms with Gasteiger partial charge >= 0.3 is 21.7 Å². The van der Waals surface area contributed by atoms with Crippen LogP contribution >= 0.6 is 0 Å². The van der Waals surface area contributed by atoms with Gasteiger partial charge in [0.25, 0.3) is 0 Å². The van der Waals surface area contributed by atoms with Crippen molar-refractivity contribution in [1.29, 1.82) is 0 Å². The monoisotopic (exact) mass is 412 g/mol. The van der Waals surface area contributed by atoms with E-state index in [4.69, 9.17) is 0 Å². The molecule has 0 spiro atoms. The van der Waals surface area contributed by atoms with E-state index in [2.05, 4.69) is 15.6 Å². The summed E-state index contributed by atoms with van der Waals surface area (Å²) in [5.41, 5.74) is -5.32. The summed E-state index contributed by atoms with van der Waals surface area (Å²) in [6.07, 6.45) is -4.92. The molecule has 0 amide bonds. The van der Waals surface area contributed by atoms with Crippen LogP contribution < -0.4 is 10.6 Å². The van der Waals surface area contributed by atoms with Gasteiger partial charge < -0.3 is 10.6 Å². The van der Waals surface area contributed by atoms with Crippen LogP contribution in [0.3, 0.4) is 0 Å². The molecular formula is C13H22F6N4O2S. The number of aliphatic imine (C=N–C) groups is 1. The van der Waals surface area contributed by atoms with Gasteiger partial charge in [0.15, 0.2) is 5.96 Å². The Morgan fingerprint density at radius 2 is 1.69 bits per heavy atom. The van der Waals surface area contributed by atoms with Crippen molar-refractivity contribution in [1.82, 2.24) is 14.9 Å². The van der Waals surface area contributed by atoms with Crippen molar-refractivity contribution in [3.05, 3.63) is 0 Å². The van der Waals surface area contributed by atoms with Gasteiger partial charge in [0, 0.05) is 32.7 Å². The first-order valence-corrected chi connectivity index (χ1v) is 9.46. The Hall–Kier alpha value is -1.24. The molecule has 0 atom stereocenters. The molecule has 1 fully saturated rings. The minimum Gasteiger partial charge on any atom is -0.357 e. The Kier molecular flexibility index (Phi) is 7.99. The highest BCUT2D eigenvalue weighted by Crippen LogP contribution is 2.30. The topological polar surface area (TPSA) is 73.8 Å². The quantitative estimate of drug-likeness (QED) is 0.398. The summed E-state index contributed by atoms with van der Waals surface area (Å²) in [6, 6.07) is 0. The number of nitrogens with zero attached hydrogens (tertiary/aromatic N) is 2. The average molecular weight is 412 g/mol. The molecule has 0 aromatic heterocycles. The summed E-state index contributed by atoms with van der Waals surface area (Å²) >= 11 is 0. The lowest BCUT2D eigenvalue weighted by molar-refractivity contribution is -0.132. The molecule has 0 saturated carbocycles. The molecule has 1 heterocycles. The maximum atomic E-state index is 12.5. The number of hydrogen-bond acceptors (Lipinski definition) is 3. The molecule has 1 aliphatic heterocycles. The Bertz CT molecular complexity index is 568. The number of rotatable bonds is 6. The molecule has 1 aliphatic rings. The fourth-order valence-electron chi connectivity index (χ4n) is 2.36. The lowest BCUT2D eigenvalue weighted by Crippen LogP contribution is -2.45. The van der Waals surface area contributed by atoms with Crippen LogP contribution in [-0.2, 0) is 10.0 Å². The smallest absolute Gasteiger partial charge is 0.357 e. The van der Waals surface area contributed by atoms with E-state index in [1.807, 2.05) is 0 Å². The number of sulfonamides is 1. The molecule has 0 aromatic rings. The highest BCUT2D eigenvalue weighted by molar-refractivity contribution is 7.90. The van der Waals surface area contributed by atoms with Gasteiger partial charge in [-0.3, -0.25) is 4.99 Å². The molecular weight excluding hydrogens is 390 g/mol. The zero-order valence-electron chi connectivity index (χ0n) is 14.1. The summed E-state index contributed by atoms with van der Waals surface area (Å²) in [4.78, 5) is 4.13. The molecule has 0 aliphatic carbocycles. The second kappa shape index (κ2) is 9.11. The molecule has 154 valence electrons. The van der Waals surface area contributed by atoms with E-state index in [0.717, 1.165) is 0 Å². The third-order valence-electron chi connectivity index (χ3n) is 3.76. The van der Waals surface area contributed by atoms with E-state index in [-0.39, 0.29) is 50.9 Å². The molecule has 1 rings (SSSR count). The number of guanidine groups is 1. The molecule has 0 unspecified atom stereocenters. The Morgan fingerprint density at radius 1 is 1.12 bits per heavy atom. The molecule has 1 saturated heterocycles. The summed E-state index contributed by atoms with van der Waals surface area (Å²) in [6.45, 7) is 1.47. The molecule has 2 N–H and O–H groups in total. The van der Waals surface area contributed by atoms with Crippen molar-refractivity contribution >= 4 is 16.0 Å². The molecule has 13 heteroatoms. The minimum absolute atomic E-state index is 0.146. The molecule has 26 heavy (non-hydrogen) atoms. The van der Waals surface area contributed by atoms with Crippen LogP contribution in [-0.4, -0.2) is 63.1 Å². The predicted octanol–water partition coefficient (Wildman–Crippen LogP) is 2.06. The zero-order valence-corrected chi connectivity index (χ0v) is 14.9. The van der Waals surface area contributed by atoms with Crippen molar-refractivity contribution in [2.75, 3.05) is 32.7 Å². The van der Waals surface area contributed by atoms with Gasteiger partial charge in [0.05, 0.1) is 6.42 Å². The van der Waals surface area contributed by atoms with E-state index in [9.17, 15) is 34.8 Å². The number of nitrogens with one attached hydrogen (secondary N) is 2. The van der Waals surface area contributed by atoms with E-state index >= 15 is 0 Å². The van der Waals surface area contributed by atoms with Gasteiger partial charge in [-0.05, 0) is 25.7 Å². The van der Waals surface area contributed by atoms with Crippen molar-refractivity contribution < 1.29 is 34.8 Å². The lowest BCUT2D eigenvalue weighted by atomic mass is 9.98. The second-order valence-corrected chi connectivity index (χ2v) is 7.73. The molecule has 0 radical (unpaired) electrons. The maximum Gasteiger partial charge on any atom is 0.511 e. The van der Waals surface area contributed by atoms with Crippen molar-refractivity contribution in [2.24, 2.45) is 10.9 Å². The van der Waals surface area contributed by atoms with Crippen LogP contribution in [0.25, 0.3) is 0 Å². The van der Waals surface area contributed by atoms with Crippen LogP contribution in [0.5, 0.6) is 0 Å². The summed E-state index contributed by atoms with van der Waals surface area (Å²) < 4.78 is 97.0. The predicted molar refractivity (Wildman–Crippen MR) is 83.9 cm³/mol. The van der Waals surface area contributed by atoms with Crippen LogP contribution in [0.15, 0.2) is 4.99 Å². The number of halogens is 6.